The number of anilines is 1. The first-order valence-corrected chi connectivity index (χ1v) is 4.86. The minimum Gasteiger partial charge on any atom is -0.383 e. The predicted octanol–water partition coefficient (Wildman–Crippen LogP) is 1.25. The van der Waals surface area contributed by atoms with Crippen LogP contribution in [0, 0.1) is 12.8 Å². The number of nitrogens with zero attached hydrogens (tertiary/aromatic N) is 1. The maximum Gasteiger partial charge on any atom is 0.255 e. The van der Waals surface area contributed by atoms with E-state index in [9.17, 15) is 4.79 Å². The summed E-state index contributed by atoms with van der Waals surface area (Å²) in [6.07, 6.45) is 1.78. The van der Waals surface area contributed by atoms with Gasteiger partial charge in [0.05, 0.1) is 5.56 Å². The lowest BCUT2D eigenvalue weighted by Crippen LogP contribution is -2.17. The number of rotatable bonds is 3. The highest BCUT2D eigenvalue weighted by atomic mass is 16.1. The predicted molar refractivity (Wildman–Crippen MR) is 57.2 cm³/mol. The standard InChI is InChI=1S/C10H17N3O/c1-6(2)4-5-8-12-9(11)7(3)10(14)13-8/h6H,4-5H2,1-3H3,(H3,11,12,13,14). The molecule has 0 atom stereocenters. The maximum absolute atomic E-state index is 11.3. The van der Waals surface area contributed by atoms with Gasteiger partial charge in [-0.05, 0) is 19.3 Å². The molecule has 0 saturated carbocycles. The molecule has 0 aliphatic carbocycles. The van der Waals surface area contributed by atoms with Gasteiger partial charge in [0.15, 0.2) is 0 Å². The average molecular weight is 195 g/mol. The van der Waals surface area contributed by atoms with Gasteiger partial charge in [0, 0.05) is 6.42 Å². The average Bonchev–Trinajstić information content (AvgIpc) is 2.10. The number of hydrogen-bond acceptors (Lipinski definition) is 3. The van der Waals surface area contributed by atoms with Gasteiger partial charge in [0.25, 0.3) is 5.56 Å². The highest BCUT2D eigenvalue weighted by molar-refractivity contribution is 5.36. The Labute approximate surface area is 83.6 Å². The summed E-state index contributed by atoms with van der Waals surface area (Å²) in [5.74, 6) is 1.63. The number of nitrogens with one attached hydrogen (secondary N) is 1. The lowest BCUT2D eigenvalue weighted by atomic mass is 10.1. The molecule has 78 valence electrons. The Morgan fingerprint density at radius 1 is 1.50 bits per heavy atom. The molecule has 4 nitrogen and oxygen atoms in total. The van der Waals surface area contributed by atoms with Gasteiger partial charge in [-0.15, -0.1) is 0 Å². The summed E-state index contributed by atoms with van der Waals surface area (Å²) >= 11 is 0. The van der Waals surface area contributed by atoms with Crippen LogP contribution < -0.4 is 11.3 Å². The van der Waals surface area contributed by atoms with Crippen molar-refractivity contribution in [2.24, 2.45) is 5.92 Å². The summed E-state index contributed by atoms with van der Waals surface area (Å²) in [6, 6.07) is 0. The van der Waals surface area contributed by atoms with Crippen molar-refractivity contribution < 1.29 is 0 Å². The van der Waals surface area contributed by atoms with Crippen molar-refractivity contribution >= 4 is 5.82 Å². The number of H-pyrrole nitrogens is 1. The van der Waals surface area contributed by atoms with Gasteiger partial charge >= 0.3 is 0 Å². The number of aryl methyl sites for hydroxylation is 1. The number of nitrogen functional groups attached to an aromatic ring is 1. The van der Waals surface area contributed by atoms with E-state index in [-0.39, 0.29) is 5.56 Å². The third-order valence-corrected chi connectivity index (χ3v) is 2.20. The molecule has 0 unspecified atom stereocenters. The van der Waals surface area contributed by atoms with Gasteiger partial charge in [-0.25, -0.2) is 4.98 Å². The number of aromatic nitrogens is 2. The van der Waals surface area contributed by atoms with Gasteiger partial charge < -0.3 is 10.7 Å². The summed E-state index contributed by atoms with van der Waals surface area (Å²) in [6.45, 7) is 5.94. The van der Waals surface area contributed by atoms with Crippen LogP contribution in [-0.4, -0.2) is 9.97 Å². The maximum atomic E-state index is 11.3. The summed E-state index contributed by atoms with van der Waals surface area (Å²) in [5, 5.41) is 0. The fourth-order valence-electron chi connectivity index (χ4n) is 1.14. The van der Waals surface area contributed by atoms with Crippen molar-refractivity contribution in [3.8, 4) is 0 Å². The van der Waals surface area contributed by atoms with Crippen molar-refractivity contribution in [2.45, 2.75) is 33.6 Å². The second kappa shape index (κ2) is 4.26. The van der Waals surface area contributed by atoms with Crippen LogP contribution in [0.2, 0.25) is 0 Å². The summed E-state index contributed by atoms with van der Waals surface area (Å²) in [7, 11) is 0. The molecule has 1 heterocycles. The van der Waals surface area contributed by atoms with Crippen LogP contribution in [0.4, 0.5) is 5.82 Å². The van der Waals surface area contributed by atoms with Crippen molar-refractivity contribution in [3.63, 3.8) is 0 Å². The van der Waals surface area contributed by atoms with E-state index in [2.05, 4.69) is 23.8 Å². The molecule has 3 N–H and O–H groups in total. The van der Waals surface area contributed by atoms with Gasteiger partial charge in [-0.2, -0.15) is 0 Å². The number of nitrogens with two attached hydrogens (primary N) is 1. The van der Waals surface area contributed by atoms with Gasteiger partial charge in [0.1, 0.15) is 11.6 Å². The SMILES string of the molecule is Cc1c(N)nc(CCC(C)C)[nH]c1=O. The number of hydrogen-bond donors (Lipinski definition) is 2. The molecule has 0 bridgehead atoms. The summed E-state index contributed by atoms with van der Waals surface area (Å²) in [4.78, 5) is 18.2. The van der Waals surface area contributed by atoms with Gasteiger partial charge in [0.2, 0.25) is 0 Å². The fraction of sp³-hybridized carbons (Fsp3) is 0.600. The summed E-state index contributed by atoms with van der Waals surface area (Å²) < 4.78 is 0. The van der Waals surface area contributed by atoms with Gasteiger partial charge in [-0.1, -0.05) is 13.8 Å². The fourth-order valence-corrected chi connectivity index (χ4v) is 1.14. The lowest BCUT2D eigenvalue weighted by molar-refractivity contribution is 0.574. The minimum atomic E-state index is -0.128. The second-order valence-corrected chi connectivity index (χ2v) is 3.96. The Morgan fingerprint density at radius 2 is 2.14 bits per heavy atom. The molecule has 0 saturated heterocycles. The van der Waals surface area contributed by atoms with E-state index in [1.54, 1.807) is 6.92 Å². The van der Waals surface area contributed by atoms with Crippen molar-refractivity contribution in [1.82, 2.24) is 9.97 Å². The molecular weight excluding hydrogens is 178 g/mol. The normalized spacial score (nSPS) is 10.9. The first-order chi connectivity index (χ1) is 6.50. The van der Waals surface area contributed by atoms with E-state index in [1.165, 1.54) is 0 Å². The van der Waals surface area contributed by atoms with E-state index in [0.717, 1.165) is 12.8 Å². The third-order valence-electron chi connectivity index (χ3n) is 2.20. The molecule has 0 spiro atoms. The van der Waals surface area contributed by atoms with E-state index in [0.29, 0.717) is 23.1 Å². The Kier molecular flexibility index (Phi) is 3.28. The topological polar surface area (TPSA) is 71.8 Å². The van der Waals surface area contributed by atoms with E-state index < -0.39 is 0 Å². The van der Waals surface area contributed by atoms with E-state index in [1.807, 2.05) is 0 Å². The van der Waals surface area contributed by atoms with Crippen LogP contribution in [0.3, 0.4) is 0 Å². The molecule has 1 rings (SSSR count). The third kappa shape index (κ3) is 2.58. The highest BCUT2D eigenvalue weighted by Gasteiger charge is 2.04. The monoisotopic (exact) mass is 195 g/mol. The molecule has 0 amide bonds. The Bertz CT molecular complexity index is 368. The van der Waals surface area contributed by atoms with Crippen molar-refractivity contribution in [1.29, 1.82) is 0 Å². The zero-order valence-electron chi connectivity index (χ0n) is 8.92. The van der Waals surface area contributed by atoms with Crippen LogP contribution >= 0.6 is 0 Å². The van der Waals surface area contributed by atoms with E-state index in [4.69, 9.17) is 5.73 Å². The largest absolute Gasteiger partial charge is 0.383 e. The quantitative estimate of drug-likeness (QED) is 0.762. The zero-order valence-corrected chi connectivity index (χ0v) is 8.92. The Hall–Kier alpha value is -1.32. The van der Waals surface area contributed by atoms with Crippen LogP contribution in [-0.2, 0) is 6.42 Å². The lowest BCUT2D eigenvalue weighted by Gasteiger charge is -2.05. The van der Waals surface area contributed by atoms with Gasteiger partial charge in [-0.3, -0.25) is 4.79 Å². The molecule has 1 aromatic heterocycles. The molecule has 0 aliphatic rings. The van der Waals surface area contributed by atoms with Crippen molar-refractivity contribution in [2.75, 3.05) is 5.73 Å². The van der Waals surface area contributed by atoms with Crippen molar-refractivity contribution in [3.05, 3.63) is 21.7 Å². The molecule has 4 heteroatoms. The molecule has 0 aliphatic heterocycles. The molecule has 1 aromatic rings. The molecule has 0 radical (unpaired) electrons. The van der Waals surface area contributed by atoms with E-state index >= 15 is 0 Å². The van der Waals surface area contributed by atoms with Crippen LogP contribution in [0.25, 0.3) is 0 Å². The smallest absolute Gasteiger partial charge is 0.255 e. The first kappa shape index (κ1) is 10.8. The zero-order chi connectivity index (χ0) is 10.7. The highest BCUT2D eigenvalue weighted by Crippen LogP contribution is 2.06. The number of aromatic amines is 1. The molecular formula is C10H17N3O. The molecule has 0 fully saturated rings. The summed E-state index contributed by atoms with van der Waals surface area (Å²) in [5.41, 5.74) is 5.97. The van der Waals surface area contributed by atoms with Crippen LogP contribution in [0.15, 0.2) is 4.79 Å². The Morgan fingerprint density at radius 3 is 2.64 bits per heavy atom. The van der Waals surface area contributed by atoms with Crippen LogP contribution in [0.5, 0.6) is 0 Å². The minimum absolute atomic E-state index is 0.128. The first-order valence-electron chi connectivity index (χ1n) is 4.86. The second-order valence-electron chi connectivity index (χ2n) is 3.96. The van der Waals surface area contributed by atoms with Crippen LogP contribution in [0.1, 0.15) is 31.7 Å². The molecule has 0 aromatic carbocycles. The Balaban J connectivity index is 2.85. The molecule has 14 heavy (non-hydrogen) atoms.